The Labute approximate surface area is 86.1 Å². The first-order valence-corrected chi connectivity index (χ1v) is 4.82. The van der Waals surface area contributed by atoms with E-state index >= 15 is 0 Å². The van der Waals surface area contributed by atoms with E-state index in [1.54, 1.807) is 0 Å². The van der Waals surface area contributed by atoms with Crippen LogP contribution < -0.4 is 5.32 Å². The van der Waals surface area contributed by atoms with Crippen LogP contribution in [0.25, 0.3) is 0 Å². The number of hydrogen-bond donors (Lipinski definition) is 1. The van der Waals surface area contributed by atoms with Gasteiger partial charge in [0.25, 0.3) is 0 Å². The fourth-order valence-electron chi connectivity index (χ4n) is 1.53. The molecular weight excluding hydrogens is 205 g/mol. The highest BCUT2D eigenvalue weighted by atomic mass is 35.5. The van der Waals surface area contributed by atoms with Crippen molar-refractivity contribution in [2.24, 2.45) is 0 Å². The number of anilines is 1. The molecule has 1 aromatic carbocycles. The minimum absolute atomic E-state index is 0.0273. The lowest BCUT2D eigenvalue weighted by Crippen LogP contribution is -2.01. The average Bonchev–Trinajstić information content (AvgIpc) is 2.31. The maximum atomic E-state index is 13.1. The van der Waals surface area contributed by atoms with Gasteiger partial charge < -0.3 is 5.32 Å². The van der Waals surface area contributed by atoms with Crippen molar-refractivity contribution >= 4 is 23.1 Å². The van der Waals surface area contributed by atoms with Crippen LogP contribution in [0.15, 0.2) is 12.1 Å². The Morgan fingerprint density at radius 1 is 1.43 bits per heavy atom. The number of hydrogen-bond acceptors (Lipinski definition) is 2. The van der Waals surface area contributed by atoms with Gasteiger partial charge in [0.15, 0.2) is 5.78 Å². The molecule has 0 aromatic heterocycles. The van der Waals surface area contributed by atoms with Crippen molar-refractivity contribution in [2.75, 3.05) is 11.9 Å². The molecule has 4 heteroatoms. The van der Waals surface area contributed by atoms with Gasteiger partial charge >= 0.3 is 0 Å². The number of halogens is 2. The average molecular weight is 214 g/mol. The van der Waals surface area contributed by atoms with Crippen LogP contribution in [-0.4, -0.2) is 12.3 Å². The van der Waals surface area contributed by atoms with E-state index in [0.717, 1.165) is 13.0 Å². The molecule has 0 amide bonds. The Balaban J connectivity index is 2.54. The number of nitrogens with one attached hydrogen (secondary N) is 1. The molecule has 1 heterocycles. The van der Waals surface area contributed by atoms with Gasteiger partial charge in [0.2, 0.25) is 0 Å². The topological polar surface area (TPSA) is 29.1 Å². The molecule has 0 radical (unpaired) electrons. The summed E-state index contributed by atoms with van der Waals surface area (Å²) < 4.78 is 13.1. The maximum absolute atomic E-state index is 13.1. The standard InChI is InChI=1S/C10H9ClFNO/c11-7-5-9-6(4-8(7)12)10(14)2-1-3-13-9/h4-5,13H,1-3H2. The minimum Gasteiger partial charge on any atom is -0.384 e. The van der Waals surface area contributed by atoms with Crippen LogP contribution in [0.4, 0.5) is 10.1 Å². The summed E-state index contributed by atoms with van der Waals surface area (Å²) in [6.07, 6.45) is 1.23. The van der Waals surface area contributed by atoms with E-state index < -0.39 is 5.82 Å². The van der Waals surface area contributed by atoms with Crippen LogP contribution in [0, 0.1) is 5.82 Å². The Morgan fingerprint density at radius 3 is 3.00 bits per heavy atom. The van der Waals surface area contributed by atoms with Crippen LogP contribution in [0.1, 0.15) is 23.2 Å². The Kier molecular flexibility index (Phi) is 2.42. The fraction of sp³-hybridized carbons (Fsp3) is 0.300. The fourth-order valence-corrected chi connectivity index (χ4v) is 1.69. The zero-order valence-electron chi connectivity index (χ0n) is 7.44. The van der Waals surface area contributed by atoms with Crippen LogP contribution in [0.3, 0.4) is 0 Å². The van der Waals surface area contributed by atoms with E-state index in [0.29, 0.717) is 17.7 Å². The molecule has 0 fully saturated rings. The summed E-state index contributed by atoms with van der Waals surface area (Å²) in [7, 11) is 0. The van der Waals surface area contributed by atoms with Gasteiger partial charge in [-0.25, -0.2) is 4.39 Å². The van der Waals surface area contributed by atoms with Crippen molar-refractivity contribution in [3.05, 3.63) is 28.5 Å². The Hall–Kier alpha value is -1.09. The number of carbonyl (C=O) groups is 1. The van der Waals surface area contributed by atoms with E-state index in [1.165, 1.54) is 12.1 Å². The molecule has 1 aliphatic heterocycles. The molecule has 0 aliphatic carbocycles. The van der Waals surface area contributed by atoms with E-state index in [1.807, 2.05) is 0 Å². The van der Waals surface area contributed by atoms with Gasteiger partial charge in [-0.3, -0.25) is 4.79 Å². The third-order valence-corrected chi connectivity index (χ3v) is 2.55. The number of benzene rings is 1. The molecule has 0 saturated heterocycles. The number of fused-ring (bicyclic) bond motifs is 1. The summed E-state index contributed by atoms with van der Waals surface area (Å²) >= 11 is 5.62. The van der Waals surface area contributed by atoms with Crippen molar-refractivity contribution in [1.29, 1.82) is 0 Å². The molecule has 0 atom stereocenters. The molecule has 1 N–H and O–H groups in total. The second-order valence-electron chi connectivity index (χ2n) is 3.27. The normalized spacial score (nSPS) is 15.7. The van der Waals surface area contributed by atoms with Crippen LogP contribution in [0.2, 0.25) is 5.02 Å². The number of carbonyl (C=O) groups excluding carboxylic acids is 1. The van der Waals surface area contributed by atoms with Gasteiger partial charge in [-0.15, -0.1) is 0 Å². The highest BCUT2D eigenvalue weighted by Gasteiger charge is 2.17. The van der Waals surface area contributed by atoms with Gasteiger partial charge in [0, 0.05) is 24.2 Å². The van der Waals surface area contributed by atoms with Crippen molar-refractivity contribution in [1.82, 2.24) is 0 Å². The number of ketones is 1. The molecule has 2 rings (SSSR count). The SMILES string of the molecule is O=C1CCCNc2cc(Cl)c(F)cc21. The van der Waals surface area contributed by atoms with E-state index in [-0.39, 0.29) is 10.8 Å². The highest BCUT2D eigenvalue weighted by Crippen LogP contribution is 2.27. The molecule has 2 nitrogen and oxygen atoms in total. The predicted molar refractivity (Wildman–Crippen MR) is 53.5 cm³/mol. The summed E-state index contributed by atoms with van der Waals surface area (Å²) in [6, 6.07) is 2.67. The Morgan fingerprint density at radius 2 is 2.21 bits per heavy atom. The van der Waals surface area contributed by atoms with Gasteiger partial charge in [0.05, 0.1) is 5.02 Å². The zero-order valence-corrected chi connectivity index (χ0v) is 8.20. The first-order chi connectivity index (χ1) is 6.68. The van der Waals surface area contributed by atoms with Crippen molar-refractivity contribution in [2.45, 2.75) is 12.8 Å². The smallest absolute Gasteiger partial charge is 0.165 e. The van der Waals surface area contributed by atoms with Crippen LogP contribution in [-0.2, 0) is 0 Å². The largest absolute Gasteiger partial charge is 0.384 e. The van der Waals surface area contributed by atoms with Gasteiger partial charge in [-0.1, -0.05) is 11.6 Å². The molecule has 1 aromatic rings. The third kappa shape index (κ3) is 1.60. The molecule has 0 unspecified atom stereocenters. The lowest BCUT2D eigenvalue weighted by atomic mass is 10.1. The number of Topliss-reactive ketones (excluding diaryl/α,β-unsaturated/α-hetero) is 1. The summed E-state index contributed by atoms with van der Waals surface area (Å²) in [5.74, 6) is -0.567. The van der Waals surface area contributed by atoms with Crippen LogP contribution >= 0.6 is 11.6 Å². The van der Waals surface area contributed by atoms with Gasteiger partial charge in [-0.2, -0.15) is 0 Å². The molecule has 14 heavy (non-hydrogen) atoms. The first-order valence-electron chi connectivity index (χ1n) is 4.44. The lowest BCUT2D eigenvalue weighted by molar-refractivity contribution is 0.0983. The third-order valence-electron chi connectivity index (χ3n) is 2.26. The number of rotatable bonds is 0. The summed E-state index contributed by atoms with van der Waals surface area (Å²) in [4.78, 5) is 11.5. The monoisotopic (exact) mass is 213 g/mol. The summed E-state index contributed by atoms with van der Waals surface area (Å²) in [5.41, 5.74) is 1.04. The van der Waals surface area contributed by atoms with E-state index in [2.05, 4.69) is 5.32 Å². The first kappa shape index (κ1) is 9.46. The predicted octanol–water partition coefficient (Wildman–Crippen LogP) is 2.87. The van der Waals surface area contributed by atoms with Crippen molar-refractivity contribution < 1.29 is 9.18 Å². The lowest BCUT2D eigenvalue weighted by Gasteiger charge is -2.07. The van der Waals surface area contributed by atoms with E-state index in [9.17, 15) is 9.18 Å². The molecule has 74 valence electrons. The summed E-state index contributed by atoms with van der Waals surface area (Å²) in [6.45, 7) is 0.723. The van der Waals surface area contributed by atoms with E-state index in [4.69, 9.17) is 11.6 Å². The second kappa shape index (κ2) is 3.58. The minimum atomic E-state index is -0.539. The van der Waals surface area contributed by atoms with Gasteiger partial charge in [-0.05, 0) is 18.6 Å². The highest BCUT2D eigenvalue weighted by molar-refractivity contribution is 6.31. The quantitative estimate of drug-likeness (QED) is 0.718. The molecule has 0 saturated carbocycles. The van der Waals surface area contributed by atoms with Crippen LogP contribution in [0.5, 0.6) is 0 Å². The molecular formula is C10H9ClFNO. The Bertz CT molecular complexity index is 392. The second-order valence-corrected chi connectivity index (χ2v) is 3.67. The van der Waals surface area contributed by atoms with Gasteiger partial charge in [0.1, 0.15) is 5.82 Å². The molecule has 0 bridgehead atoms. The molecule has 0 spiro atoms. The maximum Gasteiger partial charge on any atom is 0.165 e. The zero-order chi connectivity index (χ0) is 10.1. The van der Waals surface area contributed by atoms with Crippen molar-refractivity contribution in [3.8, 4) is 0 Å². The van der Waals surface area contributed by atoms with Crippen molar-refractivity contribution in [3.63, 3.8) is 0 Å². The summed E-state index contributed by atoms with van der Waals surface area (Å²) in [5, 5.41) is 3.10. The molecule has 1 aliphatic rings.